The number of rotatable bonds is 3. The first-order chi connectivity index (χ1) is 9.08. The van der Waals surface area contributed by atoms with E-state index in [9.17, 15) is 31.1 Å². The lowest BCUT2D eigenvalue weighted by molar-refractivity contribution is -0.182. The molecule has 1 rings (SSSR count). The molecular weight excluding hydrogens is 290 g/mol. The van der Waals surface area contributed by atoms with Crippen molar-refractivity contribution in [3.8, 4) is 0 Å². The van der Waals surface area contributed by atoms with Gasteiger partial charge in [0.1, 0.15) is 0 Å². The summed E-state index contributed by atoms with van der Waals surface area (Å²) < 4.78 is 76.2. The molecule has 20 heavy (non-hydrogen) atoms. The van der Waals surface area contributed by atoms with E-state index < -0.39 is 30.5 Å². The van der Waals surface area contributed by atoms with Crippen LogP contribution in [0.3, 0.4) is 0 Å². The summed E-state index contributed by atoms with van der Waals surface area (Å²) in [5.74, 6) is -1.29. The van der Waals surface area contributed by atoms with Crippen molar-refractivity contribution in [2.45, 2.75) is 12.4 Å². The lowest BCUT2D eigenvalue weighted by Crippen LogP contribution is -2.19. The van der Waals surface area contributed by atoms with Gasteiger partial charge in [0.2, 0.25) is 0 Å². The summed E-state index contributed by atoms with van der Waals surface area (Å²) in [6.07, 6.45) is -7.63. The maximum absolute atomic E-state index is 12.4. The number of carbonyl (C=O) groups is 1. The van der Waals surface area contributed by atoms with Gasteiger partial charge in [0.05, 0.1) is 5.56 Å². The third-order valence-electron chi connectivity index (χ3n) is 2.00. The second kappa shape index (κ2) is 5.98. The van der Waals surface area contributed by atoms with E-state index >= 15 is 0 Å². The first-order valence-corrected chi connectivity index (χ1v) is 5.17. The number of esters is 1. The van der Waals surface area contributed by atoms with Crippen LogP contribution in [0.4, 0.5) is 26.3 Å². The van der Waals surface area contributed by atoms with Gasteiger partial charge < -0.3 is 4.74 Å². The Morgan fingerprint density at radius 3 is 2.35 bits per heavy atom. The minimum atomic E-state index is -4.65. The highest BCUT2D eigenvalue weighted by atomic mass is 19.4. The van der Waals surface area contributed by atoms with Crippen LogP contribution < -0.4 is 0 Å². The molecule has 0 aliphatic rings. The Kier molecular flexibility index (Phi) is 4.80. The first kappa shape index (κ1) is 16.1. The fraction of sp³-hybridized carbons (Fsp3) is 0.250. The highest BCUT2D eigenvalue weighted by molar-refractivity contribution is 5.87. The molecule has 1 aromatic rings. The summed E-state index contributed by atoms with van der Waals surface area (Å²) in [7, 11) is 0. The van der Waals surface area contributed by atoms with E-state index in [1.807, 2.05) is 0 Å². The molecule has 2 nitrogen and oxygen atoms in total. The van der Waals surface area contributed by atoms with E-state index in [1.54, 1.807) is 0 Å². The number of hydrogen-bond donors (Lipinski definition) is 0. The maximum atomic E-state index is 12.4. The molecular formula is C12H8F6O2. The minimum Gasteiger partial charge on any atom is -0.453 e. The summed E-state index contributed by atoms with van der Waals surface area (Å²) >= 11 is 0. The summed E-state index contributed by atoms with van der Waals surface area (Å²) in [6.45, 7) is -1.75. The van der Waals surface area contributed by atoms with Crippen molar-refractivity contribution >= 4 is 12.0 Å². The van der Waals surface area contributed by atoms with Crippen LogP contribution >= 0.6 is 0 Å². The van der Waals surface area contributed by atoms with E-state index in [-0.39, 0.29) is 5.56 Å². The quantitative estimate of drug-likeness (QED) is 0.482. The van der Waals surface area contributed by atoms with E-state index in [0.717, 1.165) is 24.3 Å². The van der Waals surface area contributed by atoms with Crippen molar-refractivity contribution in [3.63, 3.8) is 0 Å². The fourth-order valence-corrected chi connectivity index (χ4v) is 1.18. The lowest BCUT2D eigenvalue weighted by Gasteiger charge is -2.07. The van der Waals surface area contributed by atoms with Crippen LogP contribution in [0, 0.1) is 0 Å². The van der Waals surface area contributed by atoms with Gasteiger partial charge in [-0.3, -0.25) is 0 Å². The molecule has 0 heterocycles. The van der Waals surface area contributed by atoms with E-state index in [4.69, 9.17) is 0 Å². The number of ether oxygens (including phenoxy) is 1. The standard InChI is InChI=1S/C12H8F6O2/c13-11(14,15)7-20-10(19)5-4-8-2-1-3-9(6-8)12(16,17)18/h1-6H,7H2/b5-4+. The largest absolute Gasteiger partial charge is 0.453 e. The molecule has 0 bridgehead atoms. The van der Waals surface area contributed by atoms with E-state index in [0.29, 0.717) is 6.08 Å². The Morgan fingerprint density at radius 1 is 1.15 bits per heavy atom. The van der Waals surface area contributed by atoms with Crippen LogP contribution in [-0.2, 0) is 15.7 Å². The average molecular weight is 298 g/mol. The molecule has 0 unspecified atom stereocenters. The zero-order valence-corrected chi connectivity index (χ0v) is 9.76. The monoisotopic (exact) mass is 298 g/mol. The molecule has 8 heteroatoms. The topological polar surface area (TPSA) is 26.3 Å². The third-order valence-corrected chi connectivity index (χ3v) is 2.00. The summed E-state index contributed by atoms with van der Waals surface area (Å²) in [6, 6.07) is 3.97. The van der Waals surface area contributed by atoms with Crippen molar-refractivity contribution in [1.82, 2.24) is 0 Å². The summed E-state index contributed by atoms with van der Waals surface area (Å²) in [5.41, 5.74) is -0.910. The predicted octanol–water partition coefficient (Wildman–Crippen LogP) is 3.82. The van der Waals surface area contributed by atoms with Crippen LogP contribution in [0.1, 0.15) is 11.1 Å². The van der Waals surface area contributed by atoms with Gasteiger partial charge in [-0.15, -0.1) is 0 Å². The number of hydrogen-bond acceptors (Lipinski definition) is 2. The molecule has 1 aromatic carbocycles. The van der Waals surface area contributed by atoms with Gasteiger partial charge in [0.25, 0.3) is 0 Å². The Labute approximate surface area is 109 Å². The molecule has 0 saturated carbocycles. The fourth-order valence-electron chi connectivity index (χ4n) is 1.18. The van der Waals surface area contributed by atoms with Crippen LogP contribution in [0.15, 0.2) is 30.3 Å². The van der Waals surface area contributed by atoms with Crippen LogP contribution in [0.5, 0.6) is 0 Å². The normalized spacial score (nSPS) is 12.7. The molecule has 0 atom stereocenters. The third kappa shape index (κ3) is 5.77. The number of carbonyl (C=O) groups excluding carboxylic acids is 1. The first-order valence-electron chi connectivity index (χ1n) is 5.17. The number of benzene rings is 1. The second-order valence-corrected chi connectivity index (χ2v) is 3.68. The molecule has 0 spiro atoms. The average Bonchev–Trinajstić information content (AvgIpc) is 2.32. The summed E-state index contributed by atoms with van der Waals surface area (Å²) in [5, 5.41) is 0. The van der Waals surface area contributed by atoms with Gasteiger partial charge in [-0.25, -0.2) is 4.79 Å². The lowest BCUT2D eigenvalue weighted by atomic mass is 10.1. The van der Waals surface area contributed by atoms with Gasteiger partial charge in [-0.2, -0.15) is 26.3 Å². The van der Waals surface area contributed by atoms with Crippen LogP contribution in [-0.4, -0.2) is 18.8 Å². The van der Waals surface area contributed by atoms with Gasteiger partial charge >= 0.3 is 18.3 Å². The molecule has 0 saturated heterocycles. The maximum Gasteiger partial charge on any atom is 0.422 e. The summed E-state index contributed by atoms with van der Waals surface area (Å²) in [4.78, 5) is 10.9. The molecule has 0 amide bonds. The number of halogens is 6. The predicted molar refractivity (Wildman–Crippen MR) is 57.5 cm³/mol. The second-order valence-electron chi connectivity index (χ2n) is 3.68. The molecule has 0 aliphatic carbocycles. The molecule has 0 aromatic heterocycles. The van der Waals surface area contributed by atoms with Crippen molar-refractivity contribution in [1.29, 1.82) is 0 Å². The molecule has 0 radical (unpaired) electrons. The highest BCUT2D eigenvalue weighted by Crippen LogP contribution is 2.29. The van der Waals surface area contributed by atoms with Gasteiger partial charge in [-0.05, 0) is 23.8 Å². The smallest absolute Gasteiger partial charge is 0.422 e. The molecule has 0 N–H and O–H groups in total. The molecule has 110 valence electrons. The van der Waals surface area contributed by atoms with Crippen molar-refractivity contribution in [2.24, 2.45) is 0 Å². The SMILES string of the molecule is O=C(/C=C/c1cccc(C(F)(F)F)c1)OCC(F)(F)F. The van der Waals surface area contributed by atoms with E-state index in [2.05, 4.69) is 4.74 Å². The van der Waals surface area contributed by atoms with Gasteiger partial charge in [0.15, 0.2) is 6.61 Å². The minimum absolute atomic E-state index is 0.0174. The Morgan fingerprint density at radius 2 is 1.80 bits per heavy atom. The number of alkyl halides is 6. The van der Waals surface area contributed by atoms with Crippen LogP contribution in [0.2, 0.25) is 0 Å². The Hall–Kier alpha value is -1.99. The Bertz CT molecular complexity index is 501. The van der Waals surface area contributed by atoms with Gasteiger partial charge in [-0.1, -0.05) is 12.1 Å². The molecule has 0 fully saturated rings. The molecule has 0 aliphatic heterocycles. The Balaban J connectivity index is 2.69. The van der Waals surface area contributed by atoms with Crippen molar-refractivity contribution in [3.05, 3.63) is 41.5 Å². The highest BCUT2D eigenvalue weighted by Gasteiger charge is 2.30. The van der Waals surface area contributed by atoms with Crippen LogP contribution in [0.25, 0.3) is 6.08 Å². The van der Waals surface area contributed by atoms with Crippen molar-refractivity contribution < 1.29 is 35.9 Å². The van der Waals surface area contributed by atoms with E-state index in [1.165, 1.54) is 6.07 Å². The van der Waals surface area contributed by atoms with Gasteiger partial charge in [0, 0.05) is 6.08 Å². The zero-order chi connectivity index (χ0) is 15.4. The van der Waals surface area contributed by atoms with Crippen molar-refractivity contribution in [2.75, 3.05) is 6.61 Å². The zero-order valence-electron chi connectivity index (χ0n) is 9.76.